The summed E-state index contributed by atoms with van der Waals surface area (Å²) in [5.41, 5.74) is 1.16. The van der Waals surface area contributed by atoms with Crippen molar-refractivity contribution < 1.29 is 0 Å². The summed E-state index contributed by atoms with van der Waals surface area (Å²) in [6.45, 7) is 5.54. The van der Waals surface area contributed by atoms with Gasteiger partial charge in [-0.1, -0.05) is 34.0 Å². The Hall–Kier alpha value is -0.0900. The molecule has 1 fully saturated rings. The van der Waals surface area contributed by atoms with Crippen LogP contribution in [0.25, 0.3) is 0 Å². The van der Waals surface area contributed by atoms with Gasteiger partial charge in [0.05, 0.1) is 0 Å². The van der Waals surface area contributed by atoms with Crippen molar-refractivity contribution in [2.75, 3.05) is 26.2 Å². The van der Waals surface area contributed by atoms with Crippen LogP contribution in [0.1, 0.15) is 24.8 Å². The molecular formula is C14H20BrClN2. The van der Waals surface area contributed by atoms with Crippen LogP contribution in [-0.2, 0) is 6.54 Å². The quantitative estimate of drug-likeness (QED) is 0.828. The summed E-state index contributed by atoms with van der Waals surface area (Å²) in [4.78, 5) is 2.54. The fraction of sp³-hybridized carbons (Fsp3) is 0.571. The molecule has 1 N–H and O–H groups in total. The van der Waals surface area contributed by atoms with Crippen molar-refractivity contribution in [1.29, 1.82) is 0 Å². The Bertz CT molecular complexity index is 378. The molecule has 100 valence electrons. The molecule has 2 rings (SSSR count). The minimum atomic E-state index is 0.837. The maximum absolute atomic E-state index is 6.15. The number of halogens is 2. The number of piperidine rings is 1. The van der Waals surface area contributed by atoms with Crippen molar-refractivity contribution in [3.8, 4) is 0 Å². The number of benzene rings is 1. The van der Waals surface area contributed by atoms with E-state index in [4.69, 9.17) is 11.6 Å². The molecule has 0 aromatic heterocycles. The Kier molecular flexibility index (Phi) is 5.96. The van der Waals surface area contributed by atoms with Crippen LogP contribution in [0.4, 0.5) is 0 Å². The van der Waals surface area contributed by atoms with Gasteiger partial charge in [-0.3, -0.25) is 0 Å². The molecule has 0 spiro atoms. The molecule has 18 heavy (non-hydrogen) atoms. The highest BCUT2D eigenvalue weighted by atomic mass is 79.9. The first-order valence-corrected chi connectivity index (χ1v) is 7.80. The third kappa shape index (κ3) is 4.54. The summed E-state index contributed by atoms with van der Waals surface area (Å²) < 4.78 is 1.08. The fourth-order valence-electron chi connectivity index (χ4n) is 2.32. The van der Waals surface area contributed by atoms with Crippen molar-refractivity contribution in [3.05, 3.63) is 33.3 Å². The molecule has 1 aromatic rings. The van der Waals surface area contributed by atoms with Gasteiger partial charge in [-0.2, -0.15) is 0 Å². The lowest BCUT2D eigenvalue weighted by Gasteiger charge is -2.26. The van der Waals surface area contributed by atoms with Gasteiger partial charge in [-0.25, -0.2) is 0 Å². The van der Waals surface area contributed by atoms with Crippen LogP contribution >= 0.6 is 27.5 Å². The van der Waals surface area contributed by atoms with Crippen molar-refractivity contribution in [1.82, 2.24) is 10.2 Å². The number of likely N-dealkylation sites (tertiary alicyclic amines) is 1. The molecule has 1 aromatic carbocycles. The number of rotatable bonds is 5. The van der Waals surface area contributed by atoms with Gasteiger partial charge < -0.3 is 10.2 Å². The first kappa shape index (κ1) is 14.3. The predicted molar refractivity (Wildman–Crippen MR) is 81.1 cm³/mol. The van der Waals surface area contributed by atoms with Crippen LogP contribution < -0.4 is 5.32 Å². The highest BCUT2D eigenvalue weighted by Gasteiger charge is 2.09. The third-order valence-corrected chi connectivity index (χ3v) is 4.24. The summed E-state index contributed by atoms with van der Waals surface area (Å²) in [6, 6.07) is 5.99. The van der Waals surface area contributed by atoms with Crippen molar-refractivity contribution >= 4 is 27.5 Å². The zero-order valence-electron chi connectivity index (χ0n) is 10.6. The van der Waals surface area contributed by atoms with Crippen LogP contribution in [0.5, 0.6) is 0 Å². The standard InChI is InChI=1S/C14H20BrClN2/c15-13-4-5-14(16)12(10-13)11-17-6-9-18-7-2-1-3-8-18/h4-5,10,17H,1-3,6-9,11H2. The molecule has 0 bridgehead atoms. The normalized spacial score (nSPS) is 17.0. The molecule has 0 aliphatic carbocycles. The summed E-state index contributed by atoms with van der Waals surface area (Å²) in [6.07, 6.45) is 4.12. The minimum Gasteiger partial charge on any atom is -0.311 e. The topological polar surface area (TPSA) is 15.3 Å². The lowest BCUT2D eigenvalue weighted by Crippen LogP contribution is -2.35. The van der Waals surface area contributed by atoms with Crippen LogP contribution in [0.2, 0.25) is 5.02 Å². The molecule has 0 radical (unpaired) electrons. The second-order valence-corrected chi connectivity index (χ2v) is 6.14. The Morgan fingerprint density at radius 3 is 2.78 bits per heavy atom. The van der Waals surface area contributed by atoms with Crippen molar-refractivity contribution in [2.45, 2.75) is 25.8 Å². The summed E-state index contributed by atoms with van der Waals surface area (Å²) in [5.74, 6) is 0. The Morgan fingerprint density at radius 2 is 2.00 bits per heavy atom. The molecule has 4 heteroatoms. The first-order valence-electron chi connectivity index (χ1n) is 6.63. The molecule has 1 heterocycles. The highest BCUT2D eigenvalue weighted by Crippen LogP contribution is 2.20. The smallest absolute Gasteiger partial charge is 0.0451 e. The largest absolute Gasteiger partial charge is 0.311 e. The van der Waals surface area contributed by atoms with Gasteiger partial charge in [0.15, 0.2) is 0 Å². The monoisotopic (exact) mass is 330 g/mol. The van der Waals surface area contributed by atoms with Crippen LogP contribution in [-0.4, -0.2) is 31.1 Å². The first-order chi connectivity index (χ1) is 8.75. The van der Waals surface area contributed by atoms with E-state index in [1.165, 1.54) is 32.4 Å². The third-order valence-electron chi connectivity index (χ3n) is 3.38. The molecular weight excluding hydrogens is 312 g/mol. The van der Waals surface area contributed by atoms with Crippen LogP contribution in [0.15, 0.2) is 22.7 Å². The van der Waals surface area contributed by atoms with Crippen molar-refractivity contribution in [3.63, 3.8) is 0 Å². The van der Waals surface area contributed by atoms with E-state index >= 15 is 0 Å². The molecule has 0 amide bonds. The molecule has 0 unspecified atom stereocenters. The summed E-state index contributed by atoms with van der Waals surface area (Å²) >= 11 is 9.63. The van der Waals surface area contributed by atoms with Gasteiger partial charge in [-0.05, 0) is 49.7 Å². The number of hydrogen-bond donors (Lipinski definition) is 1. The van der Waals surface area contributed by atoms with Crippen LogP contribution in [0.3, 0.4) is 0 Å². The van der Waals surface area contributed by atoms with E-state index in [0.29, 0.717) is 0 Å². The number of hydrogen-bond acceptors (Lipinski definition) is 2. The second kappa shape index (κ2) is 7.49. The molecule has 0 saturated carbocycles. The van der Waals surface area contributed by atoms with Gasteiger partial charge in [-0.15, -0.1) is 0 Å². The van der Waals surface area contributed by atoms with Gasteiger partial charge >= 0.3 is 0 Å². The van der Waals surface area contributed by atoms with E-state index in [1.54, 1.807) is 0 Å². The Balaban J connectivity index is 1.69. The molecule has 0 atom stereocenters. The van der Waals surface area contributed by atoms with E-state index < -0.39 is 0 Å². The fourth-order valence-corrected chi connectivity index (χ4v) is 2.91. The van der Waals surface area contributed by atoms with E-state index in [2.05, 4.69) is 32.2 Å². The average molecular weight is 332 g/mol. The molecule has 2 nitrogen and oxygen atoms in total. The van der Waals surface area contributed by atoms with E-state index in [-0.39, 0.29) is 0 Å². The average Bonchev–Trinajstić information content (AvgIpc) is 2.40. The SMILES string of the molecule is Clc1ccc(Br)cc1CNCCN1CCCCC1. The Labute approximate surface area is 123 Å². The molecule has 1 saturated heterocycles. The zero-order chi connectivity index (χ0) is 12.8. The maximum Gasteiger partial charge on any atom is 0.0451 e. The van der Waals surface area contributed by atoms with Crippen LogP contribution in [0, 0.1) is 0 Å². The van der Waals surface area contributed by atoms with Gasteiger partial charge in [0.2, 0.25) is 0 Å². The maximum atomic E-state index is 6.15. The molecule has 1 aliphatic heterocycles. The van der Waals surface area contributed by atoms with Gasteiger partial charge in [0, 0.05) is 29.1 Å². The van der Waals surface area contributed by atoms with Crippen molar-refractivity contribution in [2.24, 2.45) is 0 Å². The second-order valence-electron chi connectivity index (χ2n) is 4.81. The Morgan fingerprint density at radius 1 is 1.22 bits per heavy atom. The summed E-state index contributed by atoms with van der Waals surface area (Å²) in [5, 5.41) is 4.31. The summed E-state index contributed by atoms with van der Waals surface area (Å²) in [7, 11) is 0. The molecule has 1 aliphatic rings. The number of nitrogens with zero attached hydrogens (tertiary/aromatic N) is 1. The van der Waals surface area contributed by atoms with E-state index in [9.17, 15) is 0 Å². The number of nitrogens with one attached hydrogen (secondary N) is 1. The highest BCUT2D eigenvalue weighted by molar-refractivity contribution is 9.10. The lowest BCUT2D eigenvalue weighted by molar-refractivity contribution is 0.229. The van der Waals surface area contributed by atoms with E-state index in [1.807, 2.05) is 12.1 Å². The zero-order valence-corrected chi connectivity index (χ0v) is 12.9. The van der Waals surface area contributed by atoms with Gasteiger partial charge in [0.25, 0.3) is 0 Å². The van der Waals surface area contributed by atoms with Gasteiger partial charge in [0.1, 0.15) is 0 Å². The lowest BCUT2D eigenvalue weighted by atomic mass is 10.1. The minimum absolute atomic E-state index is 0.837. The predicted octanol–water partition coefficient (Wildman–Crippen LogP) is 3.68. The van der Waals surface area contributed by atoms with E-state index in [0.717, 1.165) is 34.7 Å².